The summed E-state index contributed by atoms with van der Waals surface area (Å²) in [6.07, 6.45) is 3.34. The number of benzene rings is 1. The van der Waals surface area contributed by atoms with Crippen molar-refractivity contribution in [1.82, 2.24) is 4.90 Å². The lowest BCUT2D eigenvalue weighted by molar-refractivity contribution is -0.137. The van der Waals surface area contributed by atoms with Crippen molar-refractivity contribution >= 4 is 5.97 Å². The van der Waals surface area contributed by atoms with Crippen molar-refractivity contribution in [3.63, 3.8) is 0 Å². The summed E-state index contributed by atoms with van der Waals surface area (Å²) in [4.78, 5) is 12.6. The minimum absolute atomic E-state index is 0.203. The zero-order valence-electron chi connectivity index (χ0n) is 11.4. The molecule has 0 radical (unpaired) electrons. The second-order valence-electron chi connectivity index (χ2n) is 5.09. The number of likely N-dealkylation sites (N-methyl/N-ethyl adjacent to an activating group) is 1. The van der Waals surface area contributed by atoms with Crippen LogP contribution in [0.1, 0.15) is 24.0 Å². The van der Waals surface area contributed by atoms with Gasteiger partial charge in [0.15, 0.2) is 0 Å². The first-order valence-corrected chi connectivity index (χ1v) is 6.80. The normalized spacial score (nSPS) is 14.0. The van der Waals surface area contributed by atoms with E-state index in [1.54, 1.807) is 0 Å². The molecule has 0 amide bonds. The summed E-state index contributed by atoms with van der Waals surface area (Å²) in [6, 6.07) is 6.38. The van der Waals surface area contributed by atoms with Gasteiger partial charge in [-0.15, -0.1) is 0 Å². The summed E-state index contributed by atoms with van der Waals surface area (Å²) in [5, 5.41) is 8.64. The Morgan fingerprint density at radius 3 is 3.05 bits per heavy atom. The minimum Gasteiger partial charge on any atom is -0.493 e. The van der Waals surface area contributed by atoms with Crippen molar-refractivity contribution in [2.24, 2.45) is 0 Å². The maximum atomic E-state index is 10.5. The standard InChI is InChI=1S/C15H21NO3/c1-16(9-7-15(17)18)8-6-12-4-5-14-13(11-12)3-2-10-19-14/h4-5,11H,2-3,6-10H2,1H3,(H,17,18). The Kier molecular flexibility index (Phi) is 4.80. The van der Waals surface area contributed by atoms with Crippen molar-refractivity contribution in [2.75, 3.05) is 26.7 Å². The summed E-state index contributed by atoms with van der Waals surface area (Å²) < 4.78 is 5.59. The number of nitrogens with zero attached hydrogens (tertiary/aromatic N) is 1. The molecule has 0 spiro atoms. The second kappa shape index (κ2) is 6.57. The van der Waals surface area contributed by atoms with Crippen LogP contribution in [-0.2, 0) is 17.6 Å². The Hall–Kier alpha value is -1.55. The lowest BCUT2D eigenvalue weighted by Crippen LogP contribution is -2.24. The Balaban J connectivity index is 1.84. The molecule has 0 saturated heterocycles. The first-order valence-electron chi connectivity index (χ1n) is 6.80. The number of ether oxygens (including phenoxy) is 1. The van der Waals surface area contributed by atoms with Crippen LogP contribution in [0.15, 0.2) is 18.2 Å². The van der Waals surface area contributed by atoms with Crippen LogP contribution >= 0.6 is 0 Å². The first kappa shape index (κ1) is 13.9. The molecule has 1 aromatic rings. The van der Waals surface area contributed by atoms with Gasteiger partial charge < -0.3 is 14.7 Å². The maximum Gasteiger partial charge on any atom is 0.304 e. The molecule has 0 unspecified atom stereocenters. The van der Waals surface area contributed by atoms with Gasteiger partial charge in [-0.2, -0.15) is 0 Å². The zero-order chi connectivity index (χ0) is 13.7. The highest BCUT2D eigenvalue weighted by molar-refractivity contribution is 5.66. The molecule has 0 aromatic heterocycles. The van der Waals surface area contributed by atoms with Gasteiger partial charge in [0.2, 0.25) is 0 Å². The number of carboxylic acids is 1. The molecule has 0 aliphatic carbocycles. The van der Waals surface area contributed by atoms with E-state index in [-0.39, 0.29) is 6.42 Å². The molecule has 2 rings (SSSR count). The van der Waals surface area contributed by atoms with Gasteiger partial charge in [-0.25, -0.2) is 0 Å². The molecule has 1 heterocycles. The van der Waals surface area contributed by atoms with E-state index < -0.39 is 5.97 Å². The molecular formula is C15H21NO3. The van der Waals surface area contributed by atoms with Crippen LogP contribution in [0.3, 0.4) is 0 Å². The summed E-state index contributed by atoms with van der Waals surface area (Å²) in [5.74, 6) is 0.284. The Bertz CT molecular complexity index is 445. The number of aliphatic carboxylic acids is 1. The molecule has 1 aromatic carbocycles. The van der Waals surface area contributed by atoms with Gasteiger partial charge in [0, 0.05) is 13.1 Å². The molecule has 104 valence electrons. The molecule has 0 atom stereocenters. The van der Waals surface area contributed by atoms with Crippen LogP contribution in [0.2, 0.25) is 0 Å². The average Bonchev–Trinajstić information content (AvgIpc) is 2.42. The number of aryl methyl sites for hydroxylation is 1. The van der Waals surface area contributed by atoms with E-state index in [2.05, 4.69) is 23.1 Å². The van der Waals surface area contributed by atoms with Crippen LogP contribution in [-0.4, -0.2) is 42.7 Å². The van der Waals surface area contributed by atoms with E-state index in [0.29, 0.717) is 6.54 Å². The average molecular weight is 263 g/mol. The first-order chi connectivity index (χ1) is 9.15. The van der Waals surface area contributed by atoms with E-state index in [4.69, 9.17) is 9.84 Å². The van der Waals surface area contributed by atoms with Crippen LogP contribution in [0.4, 0.5) is 0 Å². The van der Waals surface area contributed by atoms with Gasteiger partial charge in [-0.3, -0.25) is 4.79 Å². The monoisotopic (exact) mass is 263 g/mol. The molecule has 0 saturated carbocycles. The molecule has 1 N–H and O–H groups in total. The zero-order valence-corrected chi connectivity index (χ0v) is 11.4. The molecule has 1 aliphatic heterocycles. The molecular weight excluding hydrogens is 242 g/mol. The minimum atomic E-state index is -0.738. The number of carboxylic acid groups (broad SMARTS) is 1. The van der Waals surface area contributed by atoms with E-state index in [9.17, 15) is 4.79 Å². The summed E-state index contributed by atoms with van der Waals surface area (Å²) in [6.45, 7) is 2.31. The molecule has 4 nitrogen and oxygen atoms in total. The van der Waals surface area contributed by atoms with Crippen LogP contribution < -0.4 is 4.74 Å². The molecule has 1 aliphatic rings. The van der Waals surface area contributed by atoms with E-state index in [1.165, 1.54) is 11.1 Å². The second-order valence-corrected chi connectivity index (χ2v) is 5.09. The van der Waals surface area contributed by atoms with Crippen molar-refractivity contribution < 1.29 is 14.6 Å². The van der Waals surface area contributed by atoms with Gasteiger partial charge in [0.1, 0.15) is 5.75 Å². The van der Waals surface area contributed by atoms with E-state index in [1.807, 2.05) is 7.05 Å². The van der Waals surface area contributed by atoms with Crippen molar-refractivity contribution in [3.8, 4) is 5.75 Å². The summed E-state index contributed by atoms with van der Waals surface area (Å²) >= 11 is 0. The van der Waals surface area contributed by atoms with E-state index >= 15 is 0 Å². The molecule has 4 heteroatoms. The third-order valence-electron chi connectivity index (χ3n) is 3.46. The van der Waals surface area contributed by atoms with Gasteiger partial charge in [-0.1, -0.05) is 12.1 Å². The third kappa shape index (κ3) is 4.24. The lowest BCUT2D eigenvalue weighted by Gasteiger charge is -2.19. The smallest absolute Gasteiger partial charge is 0.304 e. The fourth-order valence-corrected chi connectivity index (χ4v) is 2.29. The van der Waals surface area contributed by atoms with Crippen LogP contribution in [0, 0.1) is 0 Å². The SMILES string of the molecule is CN(CCC(=O)O)CCc1ccc2c(c1)CCCO2. The summed E-state index contributed by atoms with van der Waals surface area (Å²) in [5.41, 5.74) is 2.60. The predicted molar refractivity (Wildman–Crippen MR) is 73.7 cm³/mol. The molecule has 0 fully saturated rings. The fraction of sp³-hybridized carbons (Fsp3) is 0.533. The van der Waals surface area contributed by atoms with E-state index in [0.717, 1.165) is 38.2 Å². The highest BCUT2D eigenvalue weighted by Crippen LogP contribution is 2.25. The number of hydrogen-bond donors (Lipinski definition) is 1. The fourth-order valence-electron chi connectivity index (χ4n) is 2.29. The van der Waals surface area contributed by atoms with Gasteiger partial charge in [-0.05, 0) is 43.5 Å². The number of hydrogen-bond acceptors (Lipinski definition) is 3. The quantitative estimate of drug-likeness (QED) is 0.852. The largest absolute Gasteiger partial charge is 0.493 e. The van der Waals surface area contributed by atoms with Crippen LogP contribution in [0.25, 0.3) is 0 Å². The molecule has 19 heavy (non-hydrogen) atoms. The van der Waals surface area contributed by atoms with Gasteiger partial charge >= 0.3 is 5.97 Å². The van der Waals surface area contributed by atoms with Gasteiger partial charge in [0.25, 0.3) is 0 Å². The van der Waals surface area contributed by atoms with Crippen molar-refractivity contribution in [2.45, 2.75) is 25.7 Å². The highest BCUT2D eigenvalue weighted by Gasteiger charge is 2.10. The highest BCUT2D eigenvalue weighted by atomic mass is 16.5. The van der Waals surface area contributed by atoms with Gasteiger partial charge in [0.05, 0.1) is 13.0 Å². The Morgan fingerprint density at radius 1 is 1.42 bits per heavy atom. The number of carbonyl (C=O) groups is 1. The third-order valence-corrected chi connectivity index (χ3v) is 3.46. The number of fused-ring (bicyclic) bond motifs is 1. The molecule has 0 bridgehead atoms. The van der Waals surface area contributed by atoms with Crippen LogP contribution in [0.5, 0.6) is 5.75 Å². The van der Waals surface area contributed by atoms with Crippen molar-refractivity contribution in [3.05, 3.63) is 29.3 Å². The Labute approximate surface area is 114 Å². The number of rotatable bonds is 6. The Morgan fingerprint density at radius 2 is 2.26 bits per heavy atom. The topological polar surface area (TPSA) is 49.8 Å². The lowest BCUT2D eigenvalue weighted by atomic mass is 10.0. The summed E-state index contributed by atoms with van der Waals surface area (Å²) in [7, 11) is 1.96. The maximum absolute atomic E-state index is 10.5. The predicted octanol–water partition coefficient (Wildman–Crippen LogP) is 1.96. The van der Waals surface area contributed by atoms with Crippen molar-refractivity contribution in [1.29, 1.82) is 0 Å².